The lowest BCUT2D eigenvalue weighted by atomic mass is 10.2. The van der Waals surface area contributed by atoms with Gasteiger partial charge in [0.1, 0.15) is 0 Å². The van der Waals surface area contributed by atoms with Crippen LogP contribution in [0.4, 0.5) is 4.79 Å². The Bertz CT molecular complexity index is 1230. The highest BCUT2D eigenvalue weighted by molar-refractivity contribution is 8.14. The summed E-state index contributed by atoms with van der Waals surface area (Å²) >= 11 is 14.6. The molecule has 2 aromatic carbocycles. The molecule has 0 saturated carbocycles. The van der Waals surface area contributed by atoms with Crippen molar-refractivity contribution >= 4 is 63.8 Å². The average Bonchev–Trinajstić information content (AvgIpc) is 3.38. The fourth-order valence-corrected chi connectivity index (χ4v) is 5.02. The maximum Gasteiger partial charge on any atom is 0.288 e. The molecule has 12 heteroatoms. The zero-order valence-electron chi connectivity index (χ0n) is 18.0. The van der Waals surface area contributed by atoms with E-state index in [-0.39, 0.29) is 41.6 Å². The summed E-state index contributed by atoms with van der Waals surface area (Å²) in [6.07, 6.45) is 0. The van der Waals surface area contributed by atoms with E-state index in [1.807, 2.05) is 41.8 Å². The zero-order valence-corrected chi connectivity index (χ0v) is 21.1. The van der Waals surface area contributed by atoms with Crippen LogP contribution in [-0.2, 0) is 9.59 Å². The number of imide groups is 1. The number of benzene rings is 2. The fourth-order valence-electron chi connectivity index (χ4n) is 3.19. The van der Waals surface area contributed by atoms with Crippen LogP contribution in [-0.4, -0.2) is 61.3 Å². The third-order valence-electron chi connectivity index (χ3n) is 4.98. The predicted molar refractivity (Wildman–Crippen MR) is 135 cm³/mol. The van der Waals surface area contributed by atoms with E-state index in [4.69, 9.17) is 23.2 Å². The summed E-state index contributed by atoms with van der Waals surface area (Å²) in [5.41, 5.74) is 2.51. The number of carbonyl (C=O) groups is 3. The lowest BCUT2D eigenvalue weighted by Crippen LogP contribution is -2.38. The van der Waals surface area contributed by atoms with Crippen molar-refractivity contribution in [3.63, 3.8) is 0 Å². The van der Waals surface area contributed by atoms with Gasteiger partial charge in [-0.1, -0.05) is 52.8 Å². The summed E-state index contributed by atoms with van der Waals surface area (Å²) < 4.78 is 1.84. The van der Waals surface area contributed by atoms with Gasteiger partial charge in [-0.25, -0.2) is 0 Å². The number of hydrogen-bond acceptors (Lipinski definition) is 7. The molecule has 8 nitrogen and oxygen atoms in total. The summed E-state index contributed by atoms with van der Waals surface area (Å²) in [6.45, 7) is 2.26. The Morgan fingerprint density at radius 1 is 1.15 bits per heavy atom. The van der Waals surface area contributed by atoms with Crippen molar-refractivity contribution < 1.29 is 14.4 Å². The SMILES string of the molecule is Cc1ccc(-n2c(SCC(=O)NCCN3C(=O)CSC3=O)nnc2-c2ccc(Cl)cc2)cc1Cl. The predicted octanol–water partition coefficient (Wildman–Crippen LogP) is 4.45. The van der Waals surface area contributed by atoms with Crippen LogP contribution in [0.25, 0.3) is 17.1 Å². The van der Waals surface area contributed by atoms with Crippen LogP contribution in [0.2, 0.25) is 10.0 Å². The van der Waals surface area contributed by atoms with Crippen molar-refractivity contribution in [2.24, 2.45) is 0 Å². The third-order valence-corrected chi connectivity index (χ3v) is 7.43. The molecule has 34 heavy (non-hydrogen) atoms. The molecule has 176 valence electrons. The molecule has 1 aliphatic rings. The third kappa shape index (κ3) is 5.57. The van der Waals surface area contributed by atoms with Gasteiger partial charge in [0.05, 0.1) is 17.2 Å². The summed E-state index contributed by atoms with van der Waals surface area (Å²) in [5.74, 6) is 0.328. The Labute approximate surface area is 214 Å². The first-order valence-corrected chi connectivity index (χ1v) is 12.9. The van der Waals surface area contributed by atoms with E-state index in [1.165, 1.54) is 11.8 Å². The lowest BCUT2D eigenvalue weighted by Gasteiger charge is -2.13. The molecule has 1 aliphatic heterocycles. The maximum absolute atomic E-state index is 12.4. The Hall–Kier alpha value is -2.53. The molecule has 0 radical (unpaired) electrons. The van der Waals surface area contributed by atoms with E-state index in [9.17, 15) is 14.4 Å². The summed E-state index contributed by atoms with van der Waals surface area (Å²) in [6, 6.07) is 12.9. The van der Waals surface area contributed by atoms with Gasteiger partial charge < -0.3 is 5.32 Å². The molecule has 0 bridgehead atoms. The average molecular weight is 536 g/mol. The van der Waals surface area contributed by atoms with Crippen LogP contribution in [0.5, 0.6) is 0 Å². The van der Waals surface area contributed by atoms with Crippen molar-refractivity contribution in [3.05, 3.63) is 58.1 Å². The molecule has 4 rings (SSSR count). The number of rotatable bonds is 8. The first-order chi connectivity index (χ1) is 16.3. The topological polar surface area (TPSA) is 97.2 Å². The van der Waals surface area contributed by atoms with E-state index in [2.05, 4.69) is 15.5 Å². The van der Waals surface area contributed by atoms with Gasteiger partial charge in [-0.3, -0.25) is 23.9 Å². The Morgan fingerprint density at radius 3 is 2.59 bits per heavy atom. The summed E-state index contributed by atoms with van der Waals surface area (Å²) in [7, 11) is 0. The van der Waals surface area contributed by atoms with Gasteiger partial charge in [0.2, 0.25) is 11.8 Å². The molecule has 1 aromatic heterocycles. The van der Waals surface area contributed by atoms with Crippen molar-refractivity contribution in [1.29, 1.82) is 0 Å². The van der Waals surface area contributed by atoms with Crippen molar-refractivity contribution in [2.45, 2.75) is 12.1 Å². The van der Waals surface area contributed by atoms with E-state index < -0.39 is 0 Å². The van der Waals surface area contributed by atoms with Gasteiger partial charge in [-0.05, 0) is 48.9 Å². The maximum atomic E-state index is 12.4. The van der Waals surface area contributed by atoms with E-state index in [1.54, 1.807) is 12.1 Å². The van der Waals surface area contributed by atoms with Gasteiger partial charge in [0.25, 0.3) is 5.24 Å². The normalized spacial score (nSPS) is 13.6. The van der Waals surface area contributed by atoms with Crippen LogP contribution in [0.15, 0.2) is 47.6 Å². The highest BCUT2D eigenvalue weighted by Gasteiger charge is 2.29. The first kappa shape index (κ1) is 24.6. The minimum atomic E-state index is -0.284. The Kier molecular flexibility index (Phi) is 7.82. The quantitative estimate of drug-likeness (QED) is 0.425. The number of nitrogens with zero attached hydrogens (tertiary/aromatic N) is 4. The monoisotopic (exact) mass is 535 g/mol. The molecule has 0 unspecified atom stereocenters. The number of halogens is 2. The molecule has 0 aliphatic carbocycles. The molecule has 1 N–H and O–H groups in total. The first-order valence-electron chi connectivity index (χ1n) is 10.2. The van der Waals surface area contributed by atoms with Crippen molar-refractivity contribution in [3.8, 4) is 17.1 Å². The van der Waals surface area contributed by atoms with Gasteiger partial charge in [-0.15, -0.1) is 10.2 Å². The largest absolute Gasteiger partial charge is 0.354 e. The lowest BCUT2D eigenvalue weighted by molar-refractivity contribution is -0.125. The van der Waals surface area contributed by atoms with Gasteiger partial charge >= 0.3 is 0 Å². The van der Waals surface area contributed by atoms with Gasteiger partial charge in [0, 0.05) is 28.7 Å². The molecular formula is C22H19Cl2N5O3S2. The summed E-state index contributed by atoms with van der Waals surface area (Å²) in [4.78, 5) is 36.8. The van der Waals surface area contributed by atoms with Crippen molar-refractivity contribution in [2.75, 3.05) is 24.6 Å². The van der Waals surface area contributed by atoms with E-state index >= 15 is 0 Å². The zero-order chi connectivity index (χ0) is 24.2. The molecule has 0 spiro atoms. The van der Waals surface area contributed by atoms with Gasteiger partial charge in [0.15, 0.2) is 11.0 Å². The molecule has 3 amide bonds. The molecule has 1 saturated heterocycles. The van der Waals surface area contributed by atoms with Gasteiger partial charge in [-0.2, -0.15) is 0 Å². The molecule has 3 aromatic rings. The number of thioether (sulfide) groups is 2. The number of aromatic nitrogens is 3. The van der Waals surface area contributed by atoms with Crippen LogP contribution < -0.4 is 5.32 Å². The number of hydrogen-bond donors (Lipinski definition) is 1. The number of amides is 3. The number of carbonyl (C=O) groups excluding carboxylic acids is 3. The second-order valence-corrected chi connectivity index (χ2v) is 10.0. The molecule has 2 heterocycles. The van der Waals surface area contributed by atoms with Crippen LogP contribution in [0, 0.1) is 6.92 Å². The smallest absolute Gasteiger partial charge is 0.288 e. The van der Waals surface area contributed by atoms with Crippen LogP contribution >= 0.6 is 46.7 Å². The van der Waals surface area contributed by atoms with Crippen LogP contribution in [0.3, 0.4) is 0 Å². The Morgan fingerprint density at radius 2 is 1.91 bits per heavy atom. The van der Waals surface area contributed by atoms with E-state index in [0.29, 0.717) is 21.0 Å². The minimum Gasteiger partial charge on any atom is -0.354 e. The molecule has 1 fully saturated rings. The second kappa shape index (κ2) is 10.8. The standard InChI is InChI=1S/C22H19Cl2N5O3S2/c1-13-2-7-16(10-17(13)24)29-20(14-3-5-15(23)6-4-14)26-27-21(29)33-11-18(30)25-8-9-28-19(31)12-34-22(28)32/h2-7,10H,8-9,11-12H2,1H3,(H,25,30). The molecule has 0 atom stereocenters. The summed E-state index contributed by atoms with van der Waals surface area (Å²) in [5, 5.41) is 12.8. The minimum absolute atomic E-state index is 0.0784. The number of nitrogens with one attached hydrogen (secondary N) is 1. The second-order valence-electron chi connectivity index (χ2n) is 7.32. The Balaban J connectivity index is 1.49. The van der Waals surface area contributed by atoms with Crippen molar-refractivity contribution in [1.82, 2.24) is 25.0 Å². The van der Waals surface area contributed by atoms with E-state index in [0.717, 1.165) is 33.5 Å². The highest BCUT2D eigenvalue weighted by atomic mass is 35.5. The number of aryl methyl sites for hydroxylation is 1. The molecular weight excluding hydrogens is 517 g/mol. The fraction of sp³-hybridized carbons (Fsp3) is 0.227. The highest BCUT2D eigenvalue weighted by Crippen LogP contribution is 2.30. The van der Waals surface area contributed by atoms with Crippen LogP contribution in [0.1, 0.15) is 5.56 Å².